The summed E-state index contributed by atoms with van der Waals surface area (Å²) >= 11 is 0. The molecule has 0 saturated heterocycles. The molecule has 0 aliphatic heterocycles. The number of hydrogen-bond acceptors (Lipinski definition) is 4. The van der Waals surface area contributed by atoms with Crippen LogP contribution in [0.25, 0.3) is 0 Å². The van der Waals surface area contributed by atoms with Crippen molar-refractivity contribution in [3.05, 3.63) is 24.3 Å². The molecule has 4 nitrogen and oxygen atoms in total. The molecule has 14 heavy (non-hydrogen) atoms. The highest BCUT2D eigenvalue weighted by molar-refractivity contribution is 5.47. The van der Waals surface area contributed by atoms with Crippen LogP contribution in [0.5, 0.6) is 5.75 Å². The van der Waals surface area contributed by atoms with E-state index in [0.29, 0.717) is 5.75 Å². The molecule has 0 radical (unpaired) electrons. The summed E-state index contributed by atoms with van der Waals surface area (Å²) in [6, 6.07) is 7.38. The lowest BCUT2D eigenvalue weighted by Crippen LogP contribution is -2.16. The van der Waals surface area contributed by atoms with Gasteiger partial charge in [0.2, 0.25) is 0 Å². The molecule has 0 heterocycles. The quantitative estimate of drug-likeness (QED) is 0.688. The monoisotopic (exact) mass is 197 g/mol. The predicted octanol–water partition coefficient (Wildman–Crippen LogP) is 0.442. The highest BCUT2D eigenvalue weighted by Crippen LogP contribution is 2.17. The molecule has 0 saturated carbocycles. The zero-order chi connectivity index (χ0) is 10.6. The van der Waals surface area contributed by atoms with Gasteiger partial charge < -0.3 is 19.8 Å². The lowest BCUT2D eigenvalue weighted by Gasteiger charge is -2.13. The van der Waals surface area contributed by atoms with E-state index in [0.717, 1.165) is 5.69 Å². The van der Waals surface area contributed by atoms with Crippen LogP contribution in [0, 0.1) is 0 Å². The number of nitrogens with zero attached hydrogens (tertiary/aromatic N) is 1. The van der Waals surface area contributed by atoms with E-state index >= 15 is 0 Å². The summed E-state index contributed by atoms with van der Waals surface area (Å²) in [5.41, 5.74) is 1.07. The molecule has 0 atom stereocenters. The van der Waals surface area contributed by atoms with Crippen molar-refractivity contribution < 1.29 is 14.9 Å². The standard InChI is InChI=1S/C10H15NO3/c1-11(2)8-3-5-9(6-4-8)14-7-10(12)13/h3-6,10,12-13H,7H2,1-2H3. The van der Waals surface area contributed by atoms with E-state index in [4.69, 9.17) is 14.9 Å². The fraction of sp³-hybridized carbons (Fsp3) is 0.400. The van der Waals surface area contributed by atoms with Crippen LogP contribution in [-0.4, -0.2) is 37.2 Å². The molecule has 0 aliphatic rings. The normalized spacial score (nSPS) is 10.4. The minimum atomic E-state index is -1.43. The van der Waals surface area contributed by atoms with Gasteiger partial charge in [0, 0.05) is 19.8 Å². The smallest absolute Gasteiger partial charge is 0.186 e. The molecule has 0 amide bonds. The van der Waals surface area contributed by atoms with Gasteiger partial charge in [-0.1, -0.05) is 0 Å². The Bertz CT molecular complexity index is 269. The Kier molecular flexibility index (Phi) is 3.73. The van der Waals surface area contributed by atoms with E-state index in [9.17, 15) is 0 Å². The Morgan fingerprint density at radius 2 is 1.79 bits per heavy atom. The third-order valence-electron chi connectivity index (χ3n) is 1.75. The summed E-state index contributed by atoms with van der Waals surface area (Å²) in [7, 11) is 3.90. The first kappa shape index (κ1) is 10.8. The number of aliphatic hydroxyl groups is 2. The zero-order valence-corrected chi connectivity index (χ0v) is 8.34. The Morgan fingerprint density at radius 1 is 1.21 bits per heavy atom. The molecule has 0 aliphatic carbocycles. The summed E-state index contributed by atoms with van der Waals surface area (Å²) in [4.78, 5) is 1.98. The van der Waals surface area contributed by atoms with Crippen LogP contribution < -0.4 is 9.64 Å². The van der Waals surface area contributed by atoms with E-state index in [-0.39, 0.29) is 6.61 Å². The number of rotatable bonds is 4. The molecule has 0 fully saturated rings. The van der Waals surface area contributed by atoms with Crippen molar-refractivity contribution in [1.29, 1.82) is 0 Å². The van der Waals surface area contributed by atoms with Gasteiger partial charge >= 0.3 is 0 Å². The molecule has 4 heteroatoms. The van der Waals surface area contributed by atoms with Crippen LogP contribution in [0.4, 0.5) is 5.69 Å². The molecule has 1 rings (SSSR count). The van der Waals surface area contributed by atoms with Gasteiger partial charge in [-0.2, -0.15) is 0 Å². The largest absolute Gasteiger partial charge is 0.488 e. The van der Waals surface area contributed by atoms with E-state index in [1.807, 2.05) is 31.1 Å². The lowest BCUT2D eigenvalue weighted by atomic mass is 10.3. The molecule has 1 aromatic rings. The molecule has 0 spiro atoms. The summed E-state index contributed by atoms with van der Waals surface area (Å²) < 4.78 is 5.08. The van der Waals surface area contributed by atoms with Crippen molar-refractivity contribution in [2.75, 3.05) is 25.6 Å². The Hall–Kier alpha value is -1.26. The minimum absolute atomic E-state index is 0.110. The summed E-state index contributed by atoms with van der Waals surface area (Å²) in [5, 5.41) is 17.2. The van der Waals surface area contributed by atoms with Crippen LogP contribution in [-0.2, 0) is 0 Å². The highest BCUT2D eigenvalue weighted by atomic mass is 16.5. The van der Waals surface area contributed by atoms with Crippen LogP contribution in [0.3, 0.4) is 0 Å². The minimum Gasteiger partial charge on any atom is -0.488 e. The van der Waals surface area contributed by atoms with Crippen molar-refractivity contribution >= 4 is 5.69 Å². The van der Waals surface area contributed by atoms with E-state index in [2.05, 4.69) is 0 Å². The summed E-state index contributed by atoms with van der Waals surface area (Å²) in [6.07, 6.45) is -1.43. The van der Waals surface area contributed by atoms with Gasteiger partial charge in [0.25, 0.3) is 0 Å². The van der Waals surface area contributed by atoms with Gasteiger partial charge in [-0.25, -0.2) is 0 Å². The first-order chi connectivity index (χ1) is 6.59. The molecular formula is C10H15NO3. The topological polar surface area (TPSA) is 52.9 Å². The Morgan fingerprint density at radius 3 is 2.21 bits per heavy atom. The summed E-state index contributed by atoms with van der Waals surface area (Å²) in [5.74, 6) is 0.628. The maximum atomic E-state index is 8.58. The van der Waals surface area contributed by atoms with Crippen molar-refractivity contribution in [2.45, 2.75) is 6.29 Å². The second kappa shape index (κ2) is 4.83. The molecule has 0 bridgehead atoms. The Balaban J connectivity index is 2.55. The van der Waals surface area contributed by atoms with Gasteiger partial charge in [-0.3, -0.25) is 0 Å². The van der Waals surface area contributed by atoms with Crippen molar-refractivity contribution in [3.8, 4) is 5.75 Å². The number of ether oxygens (including phenoxy) is 1. The number of hydrogen-bond donors (Lipinski definition) is 2. The van der Waals surface area contributed by atoms with E-state index in [1.54, 1.807) is 12.1 Å². The van der Waals surface area contributed by atoms with E-state index < -0.39 is 6.29 Å². The fourth-order valence-electron chi connectivity index (χ4n) is 1.01. The molecule has 1 aromatic carbocycles. The highest BCUT2D eigenvalue weighted by Gasteiger charge is 1.99. The molecule has 2 N–H and O–H groups in total. The third kappa shape index (κ3) is 3.24. The van der Waals surface area contributed by atoms with Crippen LogP contribution in [0.2, 0.25) is 0 Å². The molecule has 0 aromatic heterocycles. The predicted molar refractivity (Wildman–Crippen MR) is 54.5 cm³/mol. The second-order valence-corrected chi connectivity index (χ2v) is 3.18. The zero-order valence-electron chi connectivity index (χ0n) is 8.34. The van der Waals surface area contributed by atoms with Crippen LogP contribution in [0.1, 0.15) is 0 Å². The average Bonchev–Trinajstić information content (AvgIpc) is 2.15. The number of benzene rings is 1. The lowest BCUT2D eigenvalue weighted by molar-refractivity contribution is -0.0680. The van der Waals surface area contributed by atoms with Crippen LogP contribution >= 0.6 is 0 Å². The first-order valence-corrected chi connectivity index (χ1v) is 4.36. The third-order valence-corrected chi connectivity index (χ3v) is 1.75. The molecular weight excluding hydrogens is 182 g/mol. The molecule has 78 valence electrons. The van der Waals surface area contributed by atoms with E-state index in [1.165, 1.54) is 0 Å². The van der Waals surface area contributed by atoms with Gasteiger partial charge in [-0.05, 0) is 24.3 Å². The number of aliphatic hydroxyl groups excluding tert-OH is 1. The Labute approximate surface area is 83.4 Å². The van der Waals surface area contributed by atoms with Gasteiger partial charge in [0.05, 0.1) is 0 Å². The van der Waals surface area contributed by atoms with Crippen molar-refractivity contribution in [3.63, 3.8) is 0 Å². The second-order valence-electron chi connectivity index (χ2n) is 3.18. The van der Waals surface area contributed by atoms with Gasteiger partial charge in [0.1, 0.15) is 12.4 Å². The first-order valence-electron chi connectivity index (χ1n) is 4.36. The number of anilines is 1. The molecule has 0 unspecified atom stereocenters. The van der Waals surface area contributed by atoms with Crippen molar-refractivity contribution in [2.24, 2.45) is 0 Å². The SMILES string of the molecule is CN(C)c1ccc(OCC(O)O)cc1. The van der Waals surface area contributed by atoms with Crippen molar-refractivity contribution in [1.82, 2.24) is 0 Å². The maximum Gasteiger partial charge on any atom is 0.186 e. The van der Waals surface area contributed by atoms with Gasteiger partial charge in [-0.15, -0.1) is 0 Å². The average molecular weight is 197 g/mol. The van der Waals surface area contributed by atoms with Gasteiger partial charge in [0.15, 0.2) is 6.29 Å². The van der Waals surface area contributed by atoms with Crippen LogP contribution in [0.15, 0.2) is 24.3 Å². The maximum absolute atomic E-state index is 8.58. The fourth-order valence-corrected chi connectivity index (χ4v) is 1.01. The summed E-state index contributed by atoms with van der Waals surface area (Å²) in [6.45, 7) is -0.110.